The van der Waals surface area contributed by atoms with Gasteiger partial charge in [-0.05, 0) is 50.0 Å². The van der Waals surface area contributed by atoms with Gasteiger partial charge in [0.1, 0.15) is 5.75 Å². The third-order valence-electron chi connectivity index (χ3n) is 5.12. The van der Waals surface area contributed by atoms with Crippen molar-refractivity contribution < 1.29 is 14.3 Å². The van der Waals surface area contributed by atoms with Crippen LogP contribution in [0.1, 0.15) is 51.9 Å². The van der Waals surface area contributed by atoms with Gasteiger partial charge in [-0.1, -0.05) is 13.8 Å². The third-order valence-corrected chi connectivity index (χ3v) is 5.12. The third kappa shape index (κ3) is 3.63. The van der Waals surface area contributed by atoms with Crippen molar-refractivity contribution >= 4 is 24.0 Å². The Morgan fingerprint density at radius 2 is 1.32 bits per heavy atom. The number of nitrogens with one attached hydrogen (secondary N) is 2. The Bertz CT molecular complexity index is 906. The van der Waals surface area contributed by atoms with E-state index in [-0.39, 0.29) is 11.8 Å². The van der Waals surface area contributed by atoms with Gasteiger partial charge in [0.05, 0.1) is 18.5 Å². The smallest absolute Gasteiger partial charge is 0.251 e. The molecule has 2 aliphatic heterocycles. The lowest BCUT2D eigenvalue weighted by Crippen LogP contribution is -2.16. The van der Waals surface area contributed by atoms with Crippen molar-refractivity contribution in [3.63, 3.8) is 0 Å². The molecule has 1 aromatic rings. The zero-order chi connectivity index (χ0) is 20.4. The summed E-state index contributed by atoms with van der Waals surface area (Å²) in [7, 11) is 1.60. The van der Waals surface area contributed by atoms with E-state index >= 15 is 0 Å². The maximum Gasteiger partial charge on any atom is 0.251 e. The number of methoxy groups -OCH3 is 1. The Hall–Kier alpha value is -3.15. The molecule has 0 spiro atoms. The van der Waals surface area contributed by atoms with E-state index in [1.165, 1.54) is 0 Å². The van der Waals surface area contributed by atoms with Crippen LogP contribution in [0.15, 0.2) is 45.8 Å². The van der Waals surface area contributed by atoms with Crippen LogP contribution in [0.3, 0.4) is 0 Å². The molecule has 2 amide bonds. The molecular weight excluding hydrogens is 354 g/mol. The zero-order valence-corrected chi connectivity index (χ0v) is 16.9. The van der Waals surface area contributed by atoms with Crippen molar-refractivity contribution in [3.05, 3.63) is 57.2 Å². The lowest BCUT2D eigenvalue weighted by atomic mass is 10.1. The Kier molecular flexibility index (Phi) is 5.49. The minimum absolute atomic E-state index is 0.0574. The summed E-state index contributed by atoms with van der Waals surface area (Å²) in [5.74, 6) is 0.535. The number of nitrogens with zero attached hydrogens (tertiary/aromatic N) is 1. The zero-order valence-electron chi connectivity index (χ0n) is 16.9. The van der Waals surface area contributed by atoms with Crippen LogP contribution >= 0.6 is 0 Å². The van der Waals surface area contributed by atoms with Gasteiger partial charge in [0.2, 0.25) is 0 Å². The first kappa shape index (κ1) is 19.6. The second-order valence-electron chi connectivity index (χ2n) is 6.80. The molecular formula is C22H25N3O3. The van der Waals surface area contributed by atoms with Crippen LogP contribution in [0.4, 0.5) is 0 Å². The standard InChI is InChI=1S/C22H25N3O3/c1-6-17-12(3)19(24-21(17)26)10-14-8-16(28-5)9-15(23-14)11-20-13(4)18(7-2)22(27)25-20/h8-11H,6-7H2,1-5H3,(H,24,26)(H,25,27)/b19-10-,20-11-. The SMILES string of the molecule is CCC1=C(C)/C(=C/c2cc(OC)cc(/C=C3\NC(=O)C(CC)=C3C)n2)NC1=O. The summed E-state index contributed by atoms with van der Waals surface area (Å²) >= 11 is 0. The van der Waals surface area contributed by atoms with Crippen LogP contribution in [-0.2, 0) is 9.59 Å². The van der Waals surface area contributed by atoms with Crippen LogP contribution in [0.2, 0.25) is 0 Å². The molecule has 0 atom stereocenters. The summed E-state index contributed by atoms with van der Waals surface area (Å²) in [4.78, 5) is 28.8. The number of carbonyl (C=O) groups excluding carboxylic acids is 2. The van der Waals surface area contributed by atoms with Crippen molar-refractivity contribution in [1.29, 1.82) is 0 Å². The van der Waals surface area contributed by atoms with Gasteiger partial charge in [0.15, 0.2) is 0 Å². The van der Waals surface area contributed by atoms with Gasteiger partial charge in [-0.3, -0.25) is 9.59 Å². The molecule has 146 valence electrons. The van der Waals surface area contributed by atoms with Gasteiger partial charge in [0, 0.05) is 34.7 Å². The van der Waals surface area contributed by atoms with Gasteiger partial charge in [-0.2, -0.15) is 0 Å². The van der Waals surface area contributed by atoms with Crippen molar-refractivity contribution in [1.82, 2.24) is 15.6 Å². The number of pyridine rings is 1. The largest absolute Gasteiger partial charge is 0.497 e. The Morgan fingerprint density at radius 1 is 0.893 bits per heavy atom. The minimum atomic E-state index is -0.0574. The number of rotatable bonds is 5. The second-order valence-corrected chi connectivity index (χ2v) is 6.80. The summed E-state index contributed by atoms with van der Waals surface area (Å²) in [5, 5.41) is 5.79. The van der Waals surface area contributed by atoms with E-state index in [0.717, 1.165) is 33.7 Å². The predicted octanol–water partition coefficient (Wildman–Crippen LogP) is 3.48. The van der Waals surface area contributed by atoms with E-state index in [1.807, 2.05) is 52.0 Å². The average molecular weight is 379 g/mol. The lowest BCUT2D eigenvalue weighted by Gasteiger charge is -2.07. The lowest BCUT2D eigenvalue weighted by molar-refractivity contribution is -0.117. The molecule has 0 fully saturated rings. The quantitative estimate of drug-likeness (QED) is 0.821. The number of ether oxygens (including phenoxy) is 1. The van der Waals surface area contributed by atoms with E-state index < -0.39 is 0 Å². The molecule has 0 saturated carbocycles. The number of hydrogen-bond acceptors (Lipinski definition) is 4. The molecule has 3 rings (SSSR count). The summed E-state index contributed by atoms with van der Waals surface area (Å²) in [6.07, 6.45) is 5.05. The Balaban J connectivity index is 2.01. The Labute approximate surface area is 165 Å². The molecule has 6 heteroatoms. The monoisotopic (exact) mass is 379 g/mol. The van der Waals surface area contributed by atoms with E-state index in [1.54, 1.807) is 7.11 Å². The highest BCUT2D eigenvalue weighted by atomic mass is 16.5. The maximum absolute atomic E-state index is 12.1. The molecule has 0 bridgehead atoms. The summed E-state index contributed by atoms with van der Waals surface area (Å²) in [6.45, 7) is 7.79. The highest BCUT2D eigenvalue weighted by molar-refractivity contribution is 6.01. The van der Waals surface area contributed by atoms with Gasteiger partial charge >= 0.3 is 0 Å². The van der Waals surface area contributed by atoms with Crippen LogP contribution in [0.25, 0.3) is 12.2 Å². The number of hydrogen-bond donors (Lipinski definition) is 2. The second kappa shape index (κ2) is 7.84. The molecule has 0 aliphatic carbocycles. The topological polar surface area (TPSA) is 80.3 Å². The fraction of sp³-hybridized carbons (Fsp3) is 0.318. The van der Waals surface area contributed by atoms with Crippen molar-refractivity contribution in [2.24, 2.45) is 0 Å². The van der Waals surface area contributed by atoms with Crippen LogP contribution in [-0.4, -0.2) is 23.9 Å². The molecule has 0 radical (unpaired) electrons. The number of carbonyl (C=O) groups is 2. The first-order chi connectivity index (χ1) is 13.4. The molecule has 0 saturated heterocycles. The van der Waals surface area contributed by atoms with Crippen LogP contribution < -0.4 is 15.4 Å². The van der Waals surface area contributed by atoms with E-state index in [4.69, 9.17) is 4.74 Å². The van der Waals surface area contributed by atoms with E-state index in [9.17, 15) is 9.59 Å². The molecule has 6 nitrogen and oxygen atoms in total. The minimum Gasteiger partial charge on any atom is -0.497 e. The summed E-state index contributed by atoms with van der Waals surface area (Å²) < 4.78 is 5.41. The molecule has 2 N–H and O–H groups in total. The molecule has 1 aromatic heterocycles. The molecule has 28 heavy (non-hydrogen) atoms. The summed E-state index contributed by atoms with van der Waals surface area (Å²) in [6, 6.07) is 3.62. The van der Waals surface area contributed by atoms with Crippen molar-refractivity contribution in [2.45, 2.75) is 40.5 Å². The van der Waals surface area contributed by atoms with Gasteiger partial charge in [-0.25, -0.2) is 4.98 Å². The van der Waals surface area contributed by atoms with Gasteiger partial charge in [0.25, 0.3) is 11.8 Å². The van der Waals surface area contributed by atoms with Crippen LogP contribution in [0, 0.1) is 0 Å². The predicted molar refractivity (Wildman–Crippen MR) is 109 cm³/mol. The average Bonchev–Trinajstić information content (AvgIpc) is 3.08. The normalized spacial score (nSPS) is 19.8. The fourth-order valence-corrected chi connectivity index (χ4v) is 3.50. The molecule has 0 aromatic carbocycles. The fourth-order valence-electron chi connectivity index (χ4n) is 3.50. The maximum atomic E-state index is 12.1. The first-order valence-electron chi connectivity index (χ1n) is 9.40. The van der Waals surface area contributed by atoms with Crippen molar-refractivity contribution in [3.8, 4) is 5.75 Å². The van der Waals surface area contributed by atoms with Gasteiger partial charge < -0.3 is 15.4 Å². The highest BCUT2D eigenvalue weighted by Crippen LogP contribution is 2.27. The Morgan fingerprint density at radius 3 is 1.64 bits per heavy atom. The van der Waals surface area contributed by atoms with Gasteiger partial charge in [-0.15, -0.1) is 0 Å². The van der Waals surface area contributed by atoms with Crippen LogP contribution in [0.5, 0.6) is 5.75 Å². The van der Waals surface area contributed by atoms with E-state index in [0.29, 0.717) is 30.0 Å². The number of allylic oxidation sites excluding steroid dienone is 2. The summed E-state index contributed by atoms with van der Waals surface area (Å²) in [5.41, 5.74) is 6.29. The van der Waals surface area contributed by atoms with Crippen molar-refractivity contribution in [2.75, 3.05) is 7.11 Å². The van der Waals surface area contributed by atoms with E-state index in [2.05, 4.69) is 15.6 Å². The number of aromatic nitrogens is 1. The molecule has 2 aliphatic rings. The molecule has 0 unspecified atom stereocenters. The first-order valence-corrected chi connectivity index (χ1v) is 9.40. The highest BCUT2D eigenvalue weighted by Gasteiger charge is 2.24. The number of amides is 2. The molecule has 3 heterocycles.